The summed E-state index contributed by atoms with van der Waals surface area (Å²) in [6, 6.07) is 9.77. The number of ether oxygens (including phenoxy) is 3. The maximum atomic E-state index is 13.0. The zero-order chi connectivity index (χ0) is 19.7. The van der Waals surface area contributed by atoms with Gasteiger partial charge in [-0.3, -0.25) is 9.69 Å². The first-order valence-corrected chi connectivity index (χ1v) is 10.3. The molecule has 1 amide bonds. The van der Waals surface area contributed by atoms with Crippen molar-refractivity contribution in [3.63, 3.8) is 0 Å². The summed E-state index contributed by atoms with van der Waals surface area (Å²) in [4.78, 5) is 15.2. The van der Waals surface area contributed by atoms with Crippen LogP contribution in [0.5, 0.6) is 11.5 Å². The standard InChI is InChI=1S/C21H21NO4S2/c1-24-14-7-5-13-6-8-18(25-2)17(16(13)10-14)11-19-20(23)22(21(27)28-19)12-15-4-3-9-26-15/h5-8,10-11,15H,3-4,9,12H2,1-2H3/b19-11-/t15-/m1/s1. The van der Waals surface area contributed by atoms with Crippen LogP contribution < -0.4 is 9.47 Å². The molecule has 0 saturated carbocycles. The van der Waals surface area contributed by atoms with Crippen LogP contribution in [0.25, 0.3) is 16.8 Å². The van der Waals surface area contributed by atoms with Gasteiger partial charge in [0.2, 0.25) is 0 Å². The smallest absolute Gasteiger partial charge is 0.266 e. The molecular weight excluding hydrogens is 394 g/mol. The molecule has 7 heteroatoms. The van der Waals surface area contributed by atoms with E-state index in [9.17, 15) is 4.79 Å². The van der Waals surface area contributed by atoms with Gasteiger partial charge in [-0.2, -0.15) is 0 Å². The van der Waals surface area contributed by atoms with Crippen LogP contribution in [0, 0.1) is 0 Å². The Bertz CT molecular complexity index is 961. The zero-order valence-electron chi connectivity index (χ0n) is 15.8. The minimum absolute atomic E-state index is 0.0678. The largest absolute Gasteiger partial charge is 0.497 e. The lowest BCUT2D eigenvalue weighted by Crippen LogP contribution is -2.35. The lowest BCUT2D eigenvalue weighted by Gasteiger charge is -2.18. The fraction of sp³-hybridized carbons (Fsp3) is 0.333. The second-order valence-electron chi connectivity index (χ2n) is 6.70. The molecule has 1 atom stereocenters. The molecule has 5 nitrogen and oxygen atoms in total. The number of carbonyl (C=O) groups excluding carboxylic acids is 1. The van der Waals surface area contributed by atoms with E-state index in [1.807, 2.05) is 36.4 Å². The molecule has 2 fully saturated rings. The van der Waals surface area contributed by atoms with E-state index in [0.717, 1.165) is 41.5 Å². The predicted molar refractivity (Wildman–Crippen MR) is 116 cm³/mol. The normalized spacial score (nSPS) is 21.1. The van der Waals surface area contributed by atoms with Gasteiger partial charge in [0.15, 0.2) is 0 Å². The van der Waals surface area contributed by atoms with Crippen molar-refractivity contribution in [1.29, 1.82) is 0 Å². The van der Waals surface area contributed by atoms with Crippen molar-refractivity contribution in [2.75, 3.05) is 27.4 Å². The van der Waals surface area contributed by atoms with Crippen LogP contribution in [0.15, 0.2) is 35.2 Å². The molecule has 0 N–H and O–H groups in total. The van der Waals surface area contributed by atoms with Crippen LogP contribution >= 0.6 is 24.0 Å². The molecule has 2 aromatic carbocycles. The molecule has 0 bridgehead atoms. The molecule has 0 aromatic heterocycles. The Hall–Kier alpha value is -2.09. The van der Waals surface area contributed by atoms with E-state index < -0.39 is 0 Å². The van der Waals surface area contributed by atoms with Crippen LogP contribution in [0.1, 0.15) is 18.4 Å². The highest BCUT2D eigenvalue weighted by atomic mass is 32.2. The number of rotatable bonds is 5. The number of hydrogen-bond donors (Lipinski definition) is 0. The van der Waals surface area contributed by atoms with E-state index in [0.29, 0.717) is 21.5 Å². The van der Waals surface area contributed by atoms with Crippen molar-refractivity contribution in [3.05, 3.63) is 40.8 Å². The molecule has 2 aliphatic rings. The third kappa shape index (κ3) is 3.62. The Kier molecular flexibility index (Phi) is 5.57. The van der Waals surface area contributed by atoms with Crippen LogP contribution in [-0.4, -0.2) is 48.6 Å². The molecule has 0 spiro atoms. The fourth-order valence-corrected chi connectivity index (χ4v) is 4.79. The van der Waals surface area contributed by atoms with E-state index in [1.54, 1.807) is 19.1 Å². The number of carbonyl (C=O) groups is 1. The predicted octanol–water partition coefficient (Wildman–Crippen LogP) is 4.24. The third-order valence-corrected chi connectivity index (χ3v) is 6.39. The van der Waals surface area contributed by atoms with Gasteiger partial charge in [0.1, 0.15) is 15.8 Å². The summed E-state index contributed by atoms with van der Waals surface area (Å²) >= 11 is 6.79. The SMILES string of the molecule is COc1ccc2ccc(OC)c(/C=C3\SC(=S)N(C[C@H]4CCCO4)C3=O)c2c1. The van der Waals surface area contributed by atoms with Crippen LogP contribution in [-0.2, 0) is 9.53 Å². The Morgan fingerprint density at radius 1 is 1.29 bits per heavy atom. The second kappa shape index (κ2) is 8.11. The summed E-state index contributed by atoms with van der Waals surface area (Å²) in [5.74, 6) is 1.37. The van der Waals surface area contributed by atoms with Crippen molar-refractivity contribution >= 4 is 51.1 Å². The monoisotopic (exact) mass is 415 g/mol. The van der Waals surface area contributed by atoms with E-state index in [1.165, 1.54) is 11.8 Å². The van der Waals surface area contributed by atoms with Gasteiger partial charge in [0.25, 0.3) is 5.91 Å². The van der Waals surface area contributed by atoms with Gasteiger partial charge in [0.05, 0.1) is 31.8 Å². The summed E-state index contributed by atoms with van der Waals surface area (Å²) in [7, 11) is 3.26. The number of amides is 1. The highest BCUT2D eigenvalue weighted by molar-refractivity contribution is 8.26. The molecule has 2 saturated heterocycles. The molecule has 0 radical (unpaired) electrons. The second-order valence-corrected chi connectivity index (χ2v) is 8.37. The van der Waals surface area contributed by atoms with Gasteiger partial charge in [-0.25, -0.2) is 0 Å². The van der Waals surface area contributed by atoms with Crippen LogP contribution in [0.2, 0.25) is 0 Å². The number of thioether (sulfide) groups is 1. The minimum Gasteiger partial charge on any atom is -0.497 e. The lowest BCUT2D eigenvalue weighted by atomic mass is 10.0. The maximum Gasteiger partial charge on any atom is 0.266 e. The molecule has 146 valence electrons. The third-order valence-electron chi connectivity index (χ3n) is 5.01. The number of benzene rings is 2. The van der Waals surface area contributed by atoms with Crippen molar-refractivity contribution < 1.29 is 19.0 Å². The van der Waals surface area contributed by atoms with Gasteiger partial charge in [0, 0.05) is 12.2 Å². The lowest BCUT2D eigenvalue weighted by molar-refractivity contribution is -0.123. The molecule has 4 rings (SSSR count). The summed E-state index contributed by atoms with van der Waals surface area (Å²) in [6.07, 6.45) is 3.94. The van der Waals surface area contributed by atoms with Gasteiger partial charge in [-0.15, -0.1) is 0 Å². The summed E-state index contributed by atoms with van der Waals surface area (Å²) < 4.78 is 17.2. The van der Waals surface area contributed by atoms with Gasteiger partial charge >= 0.3 is 0 Å². The number of fused-ring (bicyclic) bond motifs is 1. The minimum atomic E-state index is -0.0764. The van der Waals surface area contributed by atoms with Gasteiger partial charge in [-0.1, -0.05) is 36.1 Å². The summed E-state index contributed by atoms with van der Waals surface area (Å²) in [5, 5.41) is 2.01. The molecule has 2 aromatic rings. The number of methoxy groups -OCH3 is 2. The fourth-order valence-electron chi connectivity index (χ4n) is 3.54. The maximum absolute atomic E-state index is 13.0. The average molecular weight is 416 g/mol. The average Bonchev–Trinajstić information content (AvgIpc) is 3.32. The Morgan fingerprint density at radius 3 is 2.82 bits per heavy atom. The first kappa shape index (κ1) is 19.2. The van der Waals surface area contributed by atoms with E-state index in [2.05, 4.69) is 0 Å². The van der Waals surface area contributed by atoms with Crippen LogP contribution in [0.4, 0.5) is 0 Å². The van der Waals surface area contributed by atoms with E-state index in [-0.39, 0.29) is 12.0 Å². The Balaban J connectivity index is 1.72. The number of thiocarbonyl (C=S) groups is 1. The van der Waals surface area contributed by atoms with Crippen molar-refractivity contribution in [2.24, 2.45) is 0 Å². The molecule has 0 unspecified atom stereocenters. The molecule has 28 heavy (non-hydrogen) atoms. The van der Waals surface area contributed by atoms with Gasteiger partial charge < -0.3 is 14.2 Å². The molecule has 0 aliphatic carbocycles. The highest BCUT2D eigenvalue weighted by Gasteiger charge is 2.34. The van der Waals surface area contributed by atoms with Gasteiger partial charge in [-0.05, 0) is 47.9 Å². The quantitative estimate of drug-likeness (QED) is 0.538. The first-order chi connectivity index (χ1) is 13.6. The van der Waals surface area contributed by atoms with Crippen molar-refractivity contribution in [2.45, 2.75) is 18.9 Å². The summed E-state index contributed by atoms with van der Waals surface area (Å²) in [5.41, 5.74) is 0.844. The van der Waals surface area contributed by atoms with E-state index in [4.69, 9.17) is 26.4 Å². The topological polar surface area (TPSA) is 48.0 Å². The van der Waals surface area contributed by atoms with Crippen molar-refractivity contribution in [3.8, 4) is 11.5 Å². The Labute approximate surface area is 173 Å². The number of hydrogen-bond acceptors (Lipinski definition) is 6. The zero-order valence-corrected chi connectivity index (χ0v) is 17.4. The first-order valence-electron chi connectivity index (χ1n) is 9.12. The molecule has 2 heterocycles. The van der Waals surface area contributed by atoms with Crippen LogP contribution in [0.3, 0.4) is 0 Å². The van der Waals surface area contributed by atoms with E-state index >= 15 is 0 Å². The summed E-state index contributed by atoms with van der Waals surface area (Å²) in [6.45, 7) is 1.27. The molecule has 2 aliphatic heterocycles. The number of nitrogens with zero attached hydrogens (tertiary/aromatic N) is 1. The van der Waals surface area contributed by atoms with Crippen molar-refractivity contribution in [1.82, 2.24) is 4.90 Å². The molecular formula is C21H21NO4S2. The Morgan fingerprint density at radius 2 is 2.11 bits per heavy atom. The highest BCUT2D eigenvalue weighted by Crippen LogP contribution is 2.38.